The van der Waals surface area contributed by atoms with Crippen molar-refractivity contribution in [2.75, 3.05) is 0 Å². The van der Waals surface area contributed by atoms with Gasteiger partial charge in [0.2, 0.25) is 0 Å². The fraction of sp³-hybridized carbons (Fsp3) is 1.00. The monoisotopic (exact) mass is 222 g/mol. The van der Waals surface area contributed by atoms with E-state index in [9.17, 15) is 0 Å². The fourth-order valence-electron chi connectivity index (χ4n) is 4.41. The minimum absolute atomic E-state index is 0.757. The Morgan fingerprint density at radius 1 is 0.938 bits per heavy atom. The van der Waals surface area contributed by atoms with E-state index in [-0.39, 0.29) is 0 Å². The van der Waals surface area contributed by atoms with Crippen molar-refractivity contribution in [1.29, 1.82) is 0 Å². The first-order valence-electron chi connectivity index (χ1n) is 7.68. The molecule has 0 aromatic carbocycles. The summed E-state index contributed by atoms with van der Waals surface area (Å²) in [5.41, 5.74) is 0.757. The van der Waals surface area contributed by atoms with Gasteiger partial charge in [-0.25, -0.2) is 0 Å². The highest BCUT2D eigenvalue weighted by Gasteiger charge is 2.40. The van der Waals surface area contributed by atoms with Crippen LogP contribution in [0.2, 0.25) is 0 Å². The van der Waals surface area contributed by atoms with E-state index < -0.39 is 0 Å². The molecule has 0 aromatic heterocycles. The smallest absolute Gasteiger partial charge is 0.0272 e. The lowest BCUT2D eigenvalue weighted by Crippen LogP contribution is -2.37. The third-order valence-corrected chi connectivity index (χ3v) is 6.02. The van der Waals surface area contributed by atoms with Gasteiger partial charge in [0.25, 0.3) is 0 Å². The molecule has 0 aromatic rings. The zero-order chi connectivity index (χ0) is 11.6. The molecule has 3 unspecified atom stereocenters. The van der Waals surface area contributed by atoms with Crippen LogP contribution in [0.5, 0.6) is 0 Å². The third-order valence-electron chi connectivity index (χ3n) is 6.02. The Hall–Kier alpha value is 0. The maximum atomic E-state index is 2.49. The summed E-state index contributed by atoms with van der Waals surface area (Å²) in [6.07, 6.45) is 13.6. The zero-order valence-corrected chi connectivity index (χ0v) is 11.6. The average molecular weight is 222 g/mol. The van der Waals surface area contributed by atoms with Crippen LogP contribution < -0.4 is 0 Å². The van der Waals surface area contributed by atoms with Crippen LogP contribution in [0, 0.1) is 23.2 Å². The largest absolute Gasteiger partial charge is 0.0648 e. The van der Waals surface area contributed by atoms with Gasteiger partial charge in [0.15, 0.2) is 0 Å². The molecule has 0 N–H and O–H groups in total. The third kappa shape index (κ3) is 2.31. The molecule has 3 atom stereocenters. The summed E-state index contributed by atoms with van der Waals surface area (Å²) in [6.45, 7) is 7.40. The van der Waals surface area contributed by atoms with Gasteiger partial charge in [-0.1, -0.05) is 52.9 Å². The second kappa shape index (κ2) is 5.10. The summed E-state index contributed by atoms with van der Waals surface area (Å²) >= 11 is 0. The standard InChI is InChI=1S/C16H30/c1-4-16(10-6-5-7-11-16)15-9-8-13(2)14(3)12-15/h13-15H,4-12H2,1-3H3. The molecule has 0 radical (unpaired) electrons. The Labute approximate surface area is 102 Å². The van der Waals surface area contributed by atoms with Crippen LogP contribution in [0.15, 0.2) is 0 Å². The van der Waals surface area contributed by atoms with Gasteiger partial charge in [-0.2, -0.15) is 0 Å². The zero-order valence-electron chi connectivity index (χ0n) is 11.6. The van der Waals surface area contributed by atoms with Crippen molar-refractivity contribution in [2.45, 2.75) is 78.6 Å². The van der Waals surface area contributed by atoms with Crippen molar-refractivity contribution >= 4 is 0 Å². The number of hydrogen-bond acceptors (Lipinski definition) is 0. The molecule has 2 saturated carbocycles. The molecule has 0 spiro atoms. The van der Waals surface area contributed by atoms with Gasteiger partial charge in [0.05, 0.1) is 0 Å². The van der Waals surface area contributed by atoms with Crippen LogP contribution in [-0.2, 0) is 0 Å². The maximum Gasteiger partial charge on any atom is -0.0272 e. The molecular formula is C16H30. The SMILES string of the molecule is CCC1(C2CCC(C)C(C)C2)CCCCC1. The fourth-order valence-corrected chi connectivity index (χ4v) is 4.41. The van der Waals surface area contributed by atoms with E-state index in [0.717, 1.165) is 23.2 Å². The van der Waals surface area contributed by atoms with E-state index in [4.69, 9.17) is 0 Å². The molecular weight excluding hydrogens is 192 g/mol. The summed E-state index contributed by atoms with van der Waals surface area (Å²) in [4.78, 5) is 0. The molecule has 0 saturated heterocycles. The van der Waals surface area contributed by atoms with Crippen LogP contribution in [0.4, 0.5) is 0 Å². The molecule has 0 nitrogen and oxygen atoms in total. The van der Waals surface area contributed by atoms with Gasteiger partial charge < -0.3 is 0 Å². The maximum absolute atomic E-state index is 2.49. The highest BCUT2D eigenvalue weighted by molar-refractivity contribution is 4.91. The first-order chi connectivity index (χ1) is 7.68. The van der Waals surface area contributed by atoms with Gasteiger partial charge in [0, 0.05) is 0 Å². The second-order valence-corrected chi connectivity index (χ2v) is 6.74. The Balaban J connectivity index is 2.03. The molecule has 2 rings (SSSR count). The first kappa shape index (κ1) is 12.5. The predicted molar refractivity (Wildman–Crippen MR) is 71.5 cm³/mol. The summed E-state index contributed by atoms with van der Waals surface area (Å²) in [6, 6.07) is 0. The van der Waals surface area contributed by atoms with E-state index in [0.29, 0.717) is 0 Å². The van der Waals surface area contributed by atoms with Crippen molar-refractivity contribution in [2.24, 2.45) is 23.2 Å². The van der Waals surface area contributed by atoms with E-state index in [1.165, 1.54) is 57.8 Å². The molecule has 0 amide bonds. The van der Waals surface area contributed by atoms with Crippen LogP contribution in [0.1, 0.15) is 78.6 Å². The van der Waals surface area contributed by atoms with E-state index >= 15 is 0 Å². The summed E-state index contributed by atoms with van der Waals surface area (Å²) in [7, 11) is 0. The highest BCUT2D eigenvalue weighted by atomic mass is 14.5. The van der Waals surface area contributed by atoms with E-state index in [1.807, 2.05) is 0 Å². The molecule has 2 fully saturated rings. The summed E-state index contributed by atoms with van der Waals surface area (Å²) in [5.74, 6) is 3.02. The molecule has 0 aliphatic heterocycles. The summed E-state index contributed by atoms with van der Waals surface area (Å²) in [5, 5.41) is 0. The molecule has 0 bridgehead atoms. The van der Waals surface area contributed by atoms with Crippen LogP contribution >= 0.6 is 0 Å². The van der Waals surface area contributed by atoms with Gasteiger partial charge in [-0.15, -0.1) is 0 Å². The summed E-state index contributed by atoms with van der Waals surface area (Å²) < 4.78 is 0. The lowest BCUT2D eigenvalue weighted by molar-refractivity contribution is 0.0334. The quantitative estimate of drug-likeness (QED) is 0.585. The lowest BCUT2D eigenvalue weighted by Gasteiger charge is -2.47. The van der Waals surface area contributed by atoms with Gasteiger partial charge in [-0.05, 0) is 48.9 Å². The molecule has 94 valence electrons. The average Bonchev–Trinajstić information content (AvgIpc) is 2.33. The lowest BCUT2D eigenvalue weighted by atomic mass is 9.58. The van der Waals surface area contributed by atoms with Crippen molar-refractivity contribution in [3.8, 4) is 0 Å². The molecule has 0 heteroatoms. The topological polar surface area (TPSA) is 0 Å². The molecule has 0 heterocycles. The predicted octanol–water partition coefficient (Wildman–Crippen LogP) is 5.42. The van der Waals surface area contributed by atoms with E-state index in [2.05, 4.69) is 20.8 Å². The Morgan fingerprint density at radius 2 is 1.62 bits per heavy atom. The molecule has 16 heavy (non-hydrogen) atoms. The van der Waals surface area contributed by atoms with Crippen molar-refractivity contribution in [1.82, 2.24) is 0 Å². The van der Waals surface area contributed by atoms with Crippen LogP contribution in [-0.4, -0.2) is 0 Å². The Kier molecular flexibility index (Phi) is 3.97. The van der Waals surface area contributed by atoms with Gasteiger partial charge >= 0.3 is 0 Å². The number of rotatable bonds is 2. The normalized spacial score (nSPS) is 39.6. The van der Waals surface area contributed by atoms with Crippen LogP contribution in [0.25, 0.3) is 0 Å². The van der Waals surface area contributed by atoms with Crippen molar-refractivity contribution < 1.29 is 0 Å². The van der Waals surface area contributed by atoms with Gasteiger partial charge in [0.1, 0.15) is 0 Å². The minimum Gasteiger partial charge on any atom is -0.0648 e. The first-order valence-corrected chi connectivity index (χ1v) is 7.68. The van der Waals surface area contributed by atoms with Crippen molar-refractivity contribution in [3.63, 3.8) is 0 Å². The Morgan fingerprint density at radius 3 is 2.19 bits per heavy atom. The van der Waals surface area contributed by atoms with Gasteiger partial charge in [-0.3, -0.25) is 0 Å². The Bertz CT molecular complexity index is 212. The molecule has 2 aliphatic carbocycles. The minimum atomic E-state index is 0.757. The highest BCUT2D eigenvalue weighted by Crippen LogP contribution is 2.52. The van der Waals surface area contributed by atoms with E-state index in [1.54, 1.807) is 0 Å². The van der Waals surface area contributed by atoms with Crippen molar-refractivity contribution in [3.05, 3.63) is 0 Å². The van der Waals surface area contributed by atoms with Crippen LogP contribution in [0.3, 0.4) is 0 Å². The second-order valence-electron chi connectivity index (χ2n) is 6.74. The number of hydrogen-bond donors (Lipinski definition) is 0. The molecule has 2 aliphatic rings.